The van der Waals surface area contributed by atoms with E-state index in [4.69, 9.17) is 0 Å². The smallest absolute Gasteiger partial charge is 0.0771 e. The van der Waals surface area contributed by atoms with E-state index in [1.165, 1.54) is 32.1 Å². The first-order valence-corrected chi connectivity index (χ1v) is 6.10. The lowest BCUT2D eigenvalue weighted by Crippen LogP contribution is -2.45. The summed E-state index contributed by atoms with van der Waals surface area (Å²) in [7, 11) is 0. The number of hydrogen-bond donors (Lipinski definition) is 2. The van der Waals surface area contributed by atoms with E-state index < -0.39 is 5.60 Å². The van der Waals surface area contributed by atoms with Gasteiger partial charge in [-0.05, 0) is 38.6 Å². The Morgan fingerprint density at radius 2 is 1.93 bits per heavy atom. The standard InChI is InChI=1S/C12H25NO/c1-3-9-13-10-12(2,14)11-7-5-4-6-8-11/h11,13-14H,3-10H2,1-2H3. The number of nitrogens with one attached hydrogen (secondary N) is 1. The zero-order valence-corrected chi connectivity index (χ0v) is 9.68. The predicted octanol–water partition coefficient (Wildman–Crippen LogP) is 2.32. The minimum Gasteiger partial charge on any atom is -0.389 e. The molecule has 0 aliphatic heterocycles. The van der Waals surface area contributed by atoms with Crippen LogP contribution in [0.3, 0.4) is 0 Å². The van der Waals surface area contributed by atoms with Crippen molar-refractivity contribution in [2.24, 2.45) is 5.92 Å². The Morgan fingerprint density at radius 1 is 1.29 bits per heavy atom. The molecule has 1 saturated carbocycles. The van der Waals surface area contributed by atoms with Crippen molar-refractivity contribution < 1.29 is 5.11 Å². The molecule has 2 N–H and O–H groups in total. The first-order chi connectivity index (χ1) is 6.67. The van der Waals surface area contributed by atoms with Gasteiger partial charge in [-0.3, -0.25) is 0 Å². The second kappa shape index (κ2) is 5.72. The van der Waals surface area contributed by atoms with E-state index in [1.807, 2.05) is 6.92 Å². The highest BCUT2D eigenvalue weighted by molar-refractivity contribution is 4.85. The van der Waals surface area contributed by atoms with E-state index in [9.17, 15) is 5.11 Å². The maximum absolute atomic E-state index is 10.3. The van der Waals surface area contributed by atoms with Crippen molar-refractivity contribution in [2.75, 3.05) is 13.1 Å². The highest BCUT2D eigenvalue weighted by Gasteiger charge is 2.31. The van der Waals surface area contributed by atoms with Gasteiger partial charge in [0.05, 0.1) is 5.60 Å². The summed E-state index contributed by atoms with van der Waals surface area (Å²) in [5, 5.41) is 13.6. The molecule has 0 saturated heterocycles. The molecule has 0 spiro atoms. The van der Waals surface area contributed by atoms with E-state index in [1.54, 1.807) is 0 Å². The fourth-order valence-corrected chi connectivity index (χ4v) is 2.39. The molecule has 0 aromatic carbocycles. The molecule has 2 nitrogen and oxygen atoms in total. The third kappa shape index (κ3) is 3.58. The van der Waals surface area contributed by atoms with Gasteiger partial charge in [-0.15, -0.1) is 0 Å². The van der Waals surface area contributed by atoms with Crippen molar-refractivity contribution >= 4 is 0 Å². The minimum atomic E-state index is -0.490. The molecule has 1 atom stereocenters. The zero-order chi connectivity index (χ0) is 10.4. The van der Waals surface area contributed by atoms with Crippen LogP contribution in [0.15, 0.2) is 0 Å². The van der Waals surface area contributed by atoms with E-state index in [2.05, 4.69) is 12.2 Å². The average Bonchev–Trinajstić information content (AvgIpc) is 2.19. The van der Waals surface area contributed by atoms with Gasteiger partial charge in [0, 0.05) is 6.54 Å². The molecule has 0 bridgehead atoms. The van der Waals surface area contributed by atoms with Gasteiger partial charge < -0.3 is 10.4 Å². The Morgan fingerprint density at radius 3 is 2.50 bits per heavy atom. The maximum atomic E-state index is 10.3. The number of rotatable bonds is 5. The van der Waals surface area contributed by atoms with Crippen molar-refractivity contribution in [3.8, 4) is 0 Å². The summed E-state index contributed by atoms with van der Waals surface area (Å²) in [5.41, 5.74) is -0.490. The molecule has 0 aromatic heterocycles. The molecule has 1 aliphatic carbocycles. The molecule has 1 fully saturated rings. The molecule has 1 unspecified atom stereocenters. The van der Waals surface area contributed by atoms with Crippen LogP contribution in [0.2, 0.25) is 0 Å². The Labute approximate surface area is 88.1 Å². The van der Waals surface area contributed by atoms with E-state index in [-0.39, 0.29) is 0 Å². The molecule has 0 amide bonds. The Hall–Kier alpha value is -0.0800. The molecule has 1 rings (SSSR count). The first-order valence-electron chi connectivity index (χ1n) is 6.10. The summed E-state index contributed by atoms with van der Waals surface area (Å²) in [4.78, 5) is 0. The lowest BCUT2D eigenvalue weighted by Gasteiger charge is -2.35. The van der Waals surface area contributed by atoms with Crippen LogP contribution in [0.25, 0.3) is 0 Å². The second-order valence-corrected chi connectivity index (χ2v) is 4.87. The second-order valence-electron chi connectivity index (χ2n) is 4.87. The van der Waals surface area contributed by atoms with Crippen LogP contribution in [0.5, 0.6) is 0 Å². The third-order valence-corrected chi connectivity index (χ3v) is 3.39. The van der Waals surface area contributed by atoms with Crippen LogP contribution in [0.1, 0.15) is 52.4 Å². The van der Waals surface area contributed by atoms with Crippen LogP contribution < -0.4 is 5.32 Å². The summed E-state index contributed by atoms with van der Waals surface area (Å²) in [6, 6.07) is 0. The monoisotopic (exact) mass is 199 g/mol. The third-order valence-electron chi connectivity index (χ3n) is 3.39. The molecular weight excluding hydrogens is 174 g/mol. The van der Waals surface area contributed by atoms with Crippen LogP contribution in [-0.4, -0.2) is 23.8 Å². The molecule has 1 aliphatic rings. The number of hydrogen-bond acceptors (Lipinski definition) is 2. The van der Waals surface area contributed by atoms with Gasteiger partial charge in [0.1, 0.15) is 0 Å². The van der Waals surface area contributed by atoms with E-state index in [0.29, 0.717) is 5.92 Å². The number of aliphatic hydroxyl groups is 1. The summed E-state index contributed by atoms with van der Waals surface area (Å²) >= 11 is 0. The topological polar surface area (TPSA) is 32.3 Å². The van der Waals surface area contributed by atoms with E-state index in [0.717, 1.165) is 19.5 Å². The van der Waals surface area contributed by atoms with Crippen LogP contribution in [0.4, 0.5) is 0 Å². The molecule has 84 valence electrons. The van der Waals surface area contributed by atoms with Gasteiger partial charge in [0.25, 0.3) is 0 Å². The van der Waals surface area contributed by atoms with Gasteiger partial charge in [-0.25, -0.2) is 0 Å². The first kappa shape index (κ1) is 12.0. The summed E-state index contributed by atoms with van der Waals surface area (Å²) in [6.07, 6.45) is 7.51. The molecular formula is C12H25NO. The van der Waals surface area contributed by atoms with Crippen molar-refractivity contribution in [3.05, 3.63) is 0 Å². The molecule has 0 heterocycles. The Kier molecular flexibility index (Phi) is 4.90. The minimum absolute atomic E-state index is 0.490. The quantitative estimate of drug-likeness (QED) is 0.666. The normalized spacial score (nSPS) is 23.4. The van der Waals surface area contributed by atoms with Gasteiger partial charge >= 0.3 is 0 Å². The fourth-order valence-electron chi connectivity index (χ4n) is 2.39. The van der Waals surface area contributed by atoms with Crippen molar-refractivity contribution in [1.29, 1.82) is 0 Å². The van der Waals surface area contributed by atoms with Crippen molar-refractivity contribution in [3.63, 3.8) is 0 Å². The van der Waals surface area contributed by atoms with Crippen LogP contribution >= 0.6 is 0 Å². The average molecular weight is 199 g/mol. The van der Waals surface area contributed by atoms with Crippen molar-refractivity contribution in [2.45, 2.75) is 58.0 Å². The summed E-state index contributed by atoms with van der Waals surface area (Å²) in [6.45, 7) is 5.92. The fraction of sp³-hybridized carbons (Fsp3) is 1.00. The van der Waals surface area contributed by atoms with Gasteiger partial charge in [-0.2, -0.15) is 0 Å². The van der Waals surface area contributed by atoms with Gasteiger partial charge in [-0.1, -0.05) is 26.2 Å². The van der Waals surface area contributed by atoms with Crippen molar-refractivity contribution in [1.82, 2.24) is 5.32 Å². The summed E-state index contributed by atoms with van der Waals surface area (Å²) < 4.78 is 0. The largest absolute Gasteiger partial charge is 0.389 e. The zero-order valence-electron chi connectivity index (χ0n) is 9.68. The van der Waals surface area contributed by atoms with E-state index >= 15 is 0 Å². The SMILES string of the molecule is CCCNCC(C)(O)C1CCCCC1. The molecule has 14 heavy (non-hydrogen) atoms. The molecule has 0 aromatic rings. The lowest BCUT2D eigenvalue weighted by molar-refractivity contribution is -0.0150. The maximum Gasteiger partial charge on any atom is 0.0771 e. The molecule has 2 heteroatoms. The summed E-state index contributed by atoms with van der Waals surface area (Å²) in [5.74, 6) is 0.514. The highest BCUT2D eigenvalue weighted by Crippen LogP contribution is 2.32. The Bertz CT molecular complexity index is 150. The van der Waals surface area contributed by atoms with Crippen LogP contribution in [-0.2, 0) is 0 Å². The lowest BCUT2D eigenvalue weighted by atomic mass is 9.78. The van der Waals surface area contributed by atoms with Gasteiger partial charge in [0.15, 0.2) is 0 Å². The Balaban J connectivity index is 2.29. The molecule has 0 radical (unpaired) electrons. The van der Waals surface area contributed by atoms with Gasteiger partial charge in [0.2, 0.25) is 0 Å². The van der Waals surface area contributed by atoms with Crippen LogP contribution in [0, 0.1) is 5.92 Å². The predicted molar refractivity (Wildman–Crippen MR) is 60.4 cm³/mol. The highest BCUT2D eigenvalue weighted by atomic mass is 16.3.